The summed E-state index contributed by atoms with van der Waals surface area (Å²) in [5.74, 6) is -0.549. The summed E-state index contributed by atoms with van der Waals surface area (Å²) in [6.45, 7) is 1.88. The molecule has 2 unspecified atom stereocenters. The van der Waals surface area contributed by atoms with Crippen molar-refractivity contribution in [1.82, 2.24) is 5.01 Å². The van der Waals surface area contributed by atoms with Crippen LogP contribution < -0.4 is 10.6 Å². The van der Waals surface area contributed by atoms with Crippen LogP contribution in [0, 0.1) is 0 Å². The molecular formula is C23H22BF3N4O4. The molecule has 8 nitrogen and oxygen atoms in total. The predicted molar refractivity (Wildman–Crippen MR) is 128 cm³/mol. The number of fused-ring (bicyclic) bond motifs is 1. The number of carbonyl (C=O) groups excluding carboxylic acids is 2. The van der Waals surface area contributed by atoms with E-state index in [9.17, 15) is 22.8 Å². The Hall–Kier alpha value is -3.96. The number of hydrazone groups is 1. The molecule has 0 saturated heterocycles. The maximum atomic E-state index is 12.8. The number of hydrogen-bond acceptors (Lipinski definition) is 6. The lowest BCUT2D eigenvalue weighted by atomic mass is 9.79. The molecule has 0 spiro atoms. The van der Waals surface area contributed by atoms with Crippen LogP contribution in [0.3, 0.4) is 0 Å². The predicted octanol–water partition coefficient (Wildman–Crippen LogP) is 4.67. The van der Waals surface area contributed by atoms with Crippen LogP contribution >= 0.6 is 0 Å². The van der Waals surface area contributed by atoms with E-state index in [0.29, 0.717) is 22.2 Å². The van der Waals surface area contributed by atoms with Gasteiger partial charge in [-0.1, -0.05) is 0 Å². The Morgan fingerprint density at radius 2 is 1.83 bits per heavy atom. The van der Waals surface area contributed by atoms with Gasteiger partial charge in [-0.25, -0.2) is 9.59 Å². The molecular weight excluding hydrogens is 464 g/mol. The third kappa shape index (κ3) is 5.10. The topological polar surface area (TPSA) is 96.2 Å². The highest BCUT2D eigenvalue weighted by Crippen LogP contribution is 2.40. The van der Waals surface area contributed by atoms with Gasteiger partial charge in [0.25, 0.3) is 0 Å². The Morgan fingerprint density at radius 1 is 1.14 bits per heavy atom. The molecule has 0 saturated carbocycles. The molecule has 35 heavy (non-hydrogen) atoms. The van der Waals surface area contributed by atoms with E-state index < -0.39 is 23.7 Å². The molecule has 2 amide bonds. The Morgan fingerprint density at radius 3 is 2.43 bits per heavy atom. The fourth-order valence-electron chi connectivity index (χ4n) is 4.00. The Kier molecular flexibility index (Phi) is 6.46. The molecule has 1 aliphatic rings. The summed E-state index contributed by atoms with van der Waals surface area (Å²) < 4.78 is 49.2. The highest BCUT2D eigenvalue weighted by Gasteiger charge is 2.31. The maximum Gasteiger partial charge on any atom is 0.416 e. The van der Waals surface area contributed by atoms with Crippen LogP contribution in [0.5, 0.6) is 0 Å². The second-order valence-electron chi connectivity index (χ2n) is 8.11. The van der Waals surface area contributed by atoms with Gasteiger partial charge >= 0.3 is 18.2 Å². The number of anilines is 2. The first kappa shape index (κ1) is 24.2. The summed E-state index contributed by atoms with van der Waals surface area (Å²) in [6, 6.07) is 8.16. The van der Waals surface area contributed by atoms with E-state index in [1.807, 2.05) is 14.9 Å². The van der Waals surface area contributed by atoms with E-state index in [1.54, 1.807) is 30.3 Å². The Labute approximate surface area is 199 Å². The Balaban J connectivity index is 1.63. The van der Waals surface area contributed by atoms with Crippen molar-refractivity contribution in [3.63, 3.8) is 0 Å². The highest BCUT2D eigenvalue weighted by molar-refractivity contribution is 6.21. The molecule has 2 atom stereocenters. The van der Waals surface area contributed by atoms with Gasteiger partial charge in [0.1, 0.15) is 13.4 Å². The SMILES string of the molecule is BC1C=NN(C)C1c1cc(NC(=O)Nc2ccc(C(F)(F)F)cc2)cc2cc(C(=O)OCC)oc12. The van der Waals surface area contributed by atoms with E-state index in [4.69, 9.17) is 9.15 Å². The van der Waals surface area contributed by atoms with Crippen LogP contribution in [-0.2, 0) is 10.9 Å². The van der Waals surface area contributed by atoms with Gasteiger partial charge in [0.15, 0.2) is 0 Å². The zero-order valence-electron chi connectivity index (χ0n) is 19.1. The first-order chi connectivity index (χ1) is 16.6. The molecule has 1 aliphatic heterocycles. The number of halogens is 3. The van der Waals surface area contributed by atoms with Crippen molar-refractivity contribution in [3.8, 4) is 0 Å². The number of nitrogens with one attached hydrogen (secondary N) is 2. The molecule has 1 aromatic heterocycles. The first-order valence-electron chi connectivity index (χ1n) is 10.8. The minimum atomic E-state index is -4.46. The van der Waals surface area contributed by atoms with Gasteiger partial charge in [-0.2, -0.15) is 18.3 Å². The van der Waals surface area contributed by atoms with Gasteiger partial charge in [0.05, 0.1) is 18.2 Å². The summed E-state index contributed by atoms with van der Waals surface area (Å²) >= 11 is 0. The van der Waals surface area contributed by atoms with Gasteiger partial charge < -0.3 is 19.8 Å². The summed E-state index contributed by atoms with van der Waals surface area (Å²) in [7, 11) is 3.79. The molecule has 0 bridgehead atoms. The van der Waals surface area contributed by atoms with Crippen LogP contribution in [0.2, 0.25) is 5.82 Å². The van der Waals surface area contributed by atoms with Gasteiger partial charge in [0.2, 0.25) is 5.76 Å². The smallest absolute Gasteiger partial charge is 0.416 e. The number of nitrogens with zero attached hydrogens (tertiary/aromatic N) is 2. The number of benzene rings is 2. The number of esters is 1. The van der Waals surface area contributed by atoms with E-state index in [0.717, 1.165) is 12.1 Å². The van der Waals surface area contributed by atoms with Crippen molar-refractivity contribution in [2.24, 2.45) is 5.10 Å². The van der Waals surface area contributed by atoms with Crippen LogP contribution in [-0.4, -0.2) is 44.7 Å². The number of alkyl halides is 3. The van der Waals surface area contributed by atoms with Crippen molar-refractivity contribution < 1.29 is 31.9 Å². The molecule has 182 valence electrons. The minimum absolute atomic E-state index is 0.0237. The second-order valence-corrected chi connectivity index (χ2v) is 8.11. The molecule has 2 N–H and O–H groups in total. The third-order valence-corrected chi connectivity index (χ3v) is 5.55. The normalized spacial score (nSPS) is 17.6. The molecule has 0 fully saturated rings. The van der Waals surface area contributed by atoms with Crippen molar-refractivity contribution in [3.05, 3.63) is 59.4 Å². The molecule has 2 heterocycles. The number of carbonyl (C=O) groups is 2. The first-order valence-corrected chi connectivity index (χ1v) is 10.8. The lowest BCUT2D eigenvalue weighted by molar-refractivity contribution is -0.137. The summed E-state index contributed by atoms with van der Waals surface area (Å²) in [6.07, 6.45) is -2.67. The van der Waals surface area contributed by atoms with Crippen LogP contribution in [0.15, 0.2) is 52.0 Å². The van der Waals surface area contributed by atoms with E-state index in [2.05, 4.69) is 15.7 Å². The Bertz CT molecular complexity index is 1280. The number of rotatable bonds is 5. The molecule has 0 aliphatic carbocycles. The summed E-state index contributed by atoms with van der Waals surface area (Å²) in [4.78, 5) is 24.8. The van der Waals surface area contributed by atoms with Crippen molar-refractivity contribution in [1.29, 1.82) is 0 Å². The van der Waals surface area contributed by atoms with E-state index in [1.165, 1.54) is 18.2 Å². The highest BCUT2D eigenvalue weighted by atomic mass is 19.4. The van der Waals surface area contributed by atoms with Crippen LogP contribution in [0.4, 0.5) is 29.3 Å². The van der Waals surface area contributed by atoms with Crippen molar-refractivity contribution in [2.45, 2.75) is 25.0 Å². The van der Waals surface area contributed by atoms with E-state index in [-0.39, 0.29) is 29.9 Å². The fourth-order valence-corrected chi connectivity index (χ4v) is 4.00. The standard InChI is InChI=1S/C23H22BF3N4O4/c1-3-34-21(32)18-9-12-8-15(10-16(20(12)35-18)19-17(24)11-28-31(19)2)30-22(33)29-14-6-4-13(5-7-14)23(25,26)27/h4-11,17,19H,3,24H2,1-2H3,(H2,29,30,33). The number of hydrogen-bond donors (Lipinski definition) is 2. The van der Waals surface area contributed by atoms with Gasteiger partial charge in [-0.15, -0.1) is 0 Å². The molecule has 3 aromatic rings. The molecule has 4 rings (SSSR count). The molecule has 12 heteroatoms. The van der Waals surface area contributed by atoms with Crippen LogP contribution in [0.1, 0.15) is 34.6 Å². The van der Waals surface area contributed by atoms with Gasteiger partial charge in [0, 0.05) is 35.6 Å². The average Bonchev–Trinajstić information content (AvgIpc) is 3.36. The average molecular weight is 486 g/mol. The van der Waals surface area contributed by atoms with Gasteiger partial charge in [-0.05, 0) is 55.2 Å². The van der Waals surface area contributed by atoms with E-state index >= 15 is 0 Å². The number of urea groups is 1. The lowest BCUT2D eigenvalue weighted by Crippen LogP contribution is -2.21. The van der Waals surface area contributed by atoms with Crippen molar-refractivity contribution >= 4 is 48.4 Å². The minimum Gasteiger partial charge on any atom is -0.460 e. The maximum absolute atomic E-state index is 12.8. The van der Waals surface area contributed by atoms with Gasteiger partial charge in [-0.3, -0.25) is 5.01 Å². The number of amides is 2. The van der Waals surface area contributed by atoms with Crippen molar-refractivity contribution in [2.75, 3.05) is 24.3 Å². The third-order valence-electron chi connectivity index (χ3n) is 5.55. The number of ether oxygens (including phenoxy) is 1. The summed E-state index contributed by atoms with van der Waals surface area (Å²) in [5.41, 5.74) is 0.960. The largest absolute Gasteiger partial charge is 0.460 e. The molecule has 0 radical (unpaired) electrons. The lowest BCUT2D eigenvalue weighted by Gasteiger charge is -2.24. The monoisotopic (exact) mass is 486 g/mol. The number of furan rings is 1. The quantitative estimate of drug-likeness (QED) is 0.404. The summed E-state index contributed by atoms with van der Waals surface area (Å²) in [5, 5.41) is 11.9. The molecule has 2 aromatic carbocycles. The fraction of sp³-hybridized carbons (Fsp3) is 0.261. The zero-order chi connectivity index (χ0) is 25.3. The zero-order valence-corrected chi connectivity index (χ0v) is 19.1. The van der Waals surface area contributed by atoms with Crippen LogP contribution in [0.25, 0.3) is 11.0 Å². The second kappa shape index (κ2) is 9.36.